The molecule has 0 saturated heterocycles. The van der Waals surface area contributed by atoms with Crippen LogP contribution in [-0.2, 0) is 11.3 Å². The van der Waals surface area contributed by atoms with Crippen LogP contribution >= 0.6 is 0 Å². The largest absolute Gasteiger partial charge is 0.337 e. The van der Waals surface area contributed by atoms with E-state index in [1.54, 1.807) is 12.1 Å². The van der Waals surface area contributed by atoms with E-state index in [9.17, 15) is 4.79 Å². The summed E-state index contributed by atoms with van der Waals surface area (Å²) in [6.45, 7) is 5.33. The van der Waals surface area contributed by atoms with Crippen LogP contribution in [0.4, 0.5) is 0 Å². The van der Waals surface area contributed by atoms with Crippen LogP contribution in [0.1, 0.15) is 44.2 Å². The van der Waals surface area contributed by atoms with Gasteiger partial charge in [0.15, 0.2) is 0 Å². The van der Waals surface area contributed by atoms with E-state index >= 15 is 0 Å². The Morgan fingerprint density at radius 1 is 1.30 bits per heavy atom. The number of hydrogen-bond donors (Lipinski definition) is 1. The minimum absolute atomic E-state index is 0.0121. The Balaban J connectivity index is 2.75. The molecule has 2 N–H and O–H groups in total. The van der Waals surface area contributed by atoms with Crippen molar-refractivity contribution in [1.29, 1.82) is 5.26 Å². The maximum Gasteiger partial charge on any atom is 0.239 e. The van der Waals surface area contributed by atoms with Gasteiger partial charge in [-0.05, 0) is 30.5 Å². The minimum atomic E-state index is -0.412. The second-order valence-corrected chi connectivity index (χ2v) is 4.96. The summed E-state index contributed by atoms with van der Waals surface area (Å²) in [5.41, 5.74) is 7.58. The van der Waals surface area contributed by atoms with Crippen LogP contribution in [0.25, 0.3) is 0 Å². The van der Waals surface area contributed by atoms with Gasteiger partial charge in [0, 0.05) is 13.1 Å². The average Bonchev–Trinajstić information content (AvgIpc) is 2.47. The Kier molecular flexibility index (Phi) is 6.75. The minimum Gasteiger partial charge on any atom is -0.337 e. The quantitative estimate of drug-likeness (QED) is 0.829. The summed E-state index contributed by atoms with van der Waals surface area (Å²) < 4.78 is 0. The fraction of sp³-hybridized carbons (Fsp3) is 0.500. The third-order valence-electron chi connectivity index (χ3n) is 3.18. The van der Waals surface area contributed by atoms with Crippen molar-refractivity contribution in [3.63, 3.8) is 0 Å². The molecule has 0 spiro atoms. The first-order chi connectivity index (χ1) is 9.62. The van der Waals surface area contributed by atoms with E-state index in [-0.39, 0.29) is 5.91 Å². The molecule has 4 nitrogen and oxygen atoms in total. The van der Waals surface area contributed by atoms with E-state index in [4.69, 9.17) is 11.0 Å². The van der Waals surface area contributed by atoms with Crippen molar-refractivity contribution >= 4 is 5.91 Å². The molecule has 0 aliphatic carbocycles. The lowest BCUT2D eigenvalue weighted by Crippen LogP contribution is -2.43. The standard InChI is InChI=1S/C16H23N3O/c1-3-5-15(18)16(20)19(10-4-2)12-14-8-6-13(11-17)7-9-14/h6-9,15H,3-5,10,12,18H2,1-2H3/t15-/m0/s1. The summed E-state index contributed by atoms with van der Waals surface area (Å²) in [6.07, 6.45) is 2.52. The predicted molar refractivity (Wildman–Crippen MR) is 79.7 cm³/mol. The summed E-state index contributed by atoms with van der Waals surface area (Å²) in [6, 6.07) is 9.00. The molecular formula is C16H23N3O. The van der Waals surface area contributed by atoms with Gasteiger partial charge in [-0.15, -0.1) is 0 Å². The number of rotatable bonds is 7. The van der Waals surface area contributed by atoms with E-state index in [2.05, 4.69) is 6.07 Å². The normalized spacial score (nSPS) is 11.7. The first kappa shape index (κ1) is 16.2. The van der Waals surface area contributed by atoms with Crippen LogP contribution in [0.3, 0.4) is 0 Å². The number of amides is 1. The molecule has 0 heterocycles. The zero-order valence-electron chi connectivity index (χ0n) is 12.3. The van der Waals surface area contributed by atoms with Crippen LogP contribution in [0.2, 0.25) is 0 Å². The first-order valence-corrected chi connectivity index (χ1v) is 7.15. The summed E-state index contributed by atoms with van der Waals surface area (Å²) in [7, 11) is 0. The van der Waals surface area contributed by atoms with Crippen LogP contribution in [0, 0.1) is 11.3 Å². The zero-order chi connectivity index (χ0) is 15.0. The van der Waals surface area contributed by atoms with Gasteiger partial charge in [0.05, 0.1) is 17.7 Å². The van der Waals surface area contributed by atoms with Crippen molar-refractivity contribution in [1.82, 2.24) is 4.90 Å². The Bertz CT molecular complexity index is 462. The average molecular weight is 273 g/mol. The molecule has 20 heavy (non-hydrogen) atoms. The van der Waals surface area contributed by atoms with Gasteiger partial charge in [-0.2, -0.15) is 5.26 Å². The van der Waals surface area contributed by atoms with Gasteiger partial charge in [-0.3, -0.25) is 4.79 Å². The number of carbonyl (C=O) groups is 1. The molecule has 0 fully saturated rings. The van der Waals surface area contributed by atoms with Crippen molar-refractivity contribution in [2.75, 3.05) is 6.54 Å². The van der Waals surface area contributed by atoms with Crippen molar-refractivity contribution in [2.24, 2.45) is 5.73 Å². The van der Waals surface area contributed by atoms with Gasteiger partial charge in [-0.1, -0.05) is 32.4 Å². The molecule has 0 aliphatic heterocycles. The van der Waals surface area contributed by atoms with Crippen molar-refractivity contribution in [3.05, 3.63) is 35.4 Å². The lowest BCUT2D eigenvalue weighted by atomic mass is 10.1. The SMILES string of the molecule is CCC[C@H](N)C(=O)N(CCC)Cc1ccc(C#N)cc1. The van der Waals surface area contributed by atoms with E-state index < -0.39 is 6.04 Å². The van der Waals surface area contributed by atoms with E-state index in [1.807, 2.05) is 30.9 Å². The van der Waals surface area contributed by atoms with Gasteiger partial charge in [0.1, 0.15) is 0 Å². The lowest BCUT2D eigenvalue weighted by Gasteiger charge is -2.25. The number of nitrogens with zero attached hydrogens (tertiary/aromatic N) is 2. The molecule has 0 aromatic heterocycles. The third-order valence-corrected chi connectivity index (χ3v) is 3.18. The fourth-order valence-corrected chi connectivity index (χ4v) is 2.11. The zero-order valence-corrected chi connectivity index (χ0v) is 12.3. The van der Waals surface area contributed by atoms with Crippen molar-refractivity contribution in [3.8, 4) is 6.07 Å². The topological polar surface area (TPSA) is 70.1 Å². The van der Waals surface area contributed by atoms with Gasteiger partial charge in [-0.25, -0.2) is 0 Å². The number of nitrogens with two attached hydrogens (primary N) is 1. The molecular weight excluding hydrogens is 250 g/mol. The first-order valence-electron chi connectivity index (χ1n) is 7.15. The van der Waals surface area contributed by atoms with Crippen molar-refractivity contribution < 1.29 is 4.79 Å². The van der Waals surface area contributed by atoms with Crippen LogP contribution < -0.4 is 5.73 Å². The molecule has 1 amide bonds. The van der Waals surface area contributed by atoms with Gasteiger partial charge < -0.3 is 10.6 Å². The summed E-state index contributed by atoms with van der Waals surface area (Å²) >= 11 is 0. The van der Waals surface area contributed by atoms with Crippen LogP contribution in [0.15, 0.2) is 24.3 Å². The molecule has 0 unspecified atom stereocenters. The highest BCUT2D eigenvalue weighted by atomic mass is 16.2. The maximum atomic E-state index is 12.3. The molecule has 1 aromatic carbocycles. The number of benzene rings is 1. The lowest BCUT2D eigenvalue weighted by molar-refractivity contribution is -0.133. The highest BCUT2D eigenvalue weighted by Gasteiger charge is 2.19. The monoisotopic (exact) mass is 273 g/mol. The van der Waals surface area contributed by atoms with Crippen LogP contribution in [-0.4, -0.2) is 23.4 Å². The molecule has 0 radical (unpaired) electrons. The van der Waals surface area contributed by atoms with Crippen LogP contribution in [0.5, 0.6) is 0 Å². The highest BCUT2D eigenvalue weighted by Crippen LogP contribution is 2.10. The molecule has 0 saturated carbocycles. The summed E-state index contributed by atoms with van der Waals surface area (Å²) in [4.78, 5) is 14.1. The molecule has 108 valence electrons. The Morgan fingerprint density at radius 2 is 1.95 bits per heavy atom. The molecule has 4 heteroatoms. The van der Waals surface area contributed by atoms with E-state index in [0.717, 1.165) is 18.4 Å². The predicted octanol–water partition coefficient (Wildman–Crippen LogP) is 2.42. The Labute approximate surface area is 121 Å². The van der Waals surface area contributed by atoms with E-state index in [1.165, 1.54) is 0 Å². The third kappa shape index (κ3) is 4.67. The van der Waals surface area contributed by atoms with Gasteiger partial charge >= 0.3 is 0 Å². The fourth-order valence-electron chi connectivity index (χ4n) is 2.11. The van der Waals surface area contributed by atoms with Crippen molar-refractivity contribution in [2.45, 2.75) is 45.7 Å². The molecule has 1 atom stereocenters. The smallest absolute Gasteiger partial charge is 0.239 e. The second kappa shape index (κ2) is 8.34. The summed E-state index contributed by atoms with van der Waals surface area (Å²) in [5, 5.41) is 8.78. The maximum absolute atomic E-state index is 12.3. The summed E-state index contributed by atoms with van der Waals surface area (Å²) in [5.74, 6) is 0.0121. The second-order valence-electron chi connectivity index (χ2n) is 4.96. The van der Waals surface area contributed by atoms with E-state index in [0.29, 0.717) is 25.1 Å². The molecule has 0 bridgehead atoms. The molecule has 0 aliphatic rings. The Morgan fingerprint density at radius 3 is 2.45 bits per heavy atom. The highest BCUT2D eigenvalue weighted by molar-refractivity contribution is 5.81. The van der Waals surface area contributed by atoms with Gasteiger partial charge in [0.25, 0.3) is 0 Å². The number of hydrogen-bond acceptors (Lipinski definition) is 3. The molecule has 1 aromatic rings. The number of nitriles is 1. The molecule has 1 rings (SSSR count). The Hall–Kier alpha value is -1.86. The van der Waals surface area contributed by atoms with Gasteiger partial charge in [0.2, 0.25) is 5.91 Å². The number of carbonyl (C=O) groups excluding carboxylic acids is 1.